The number of fused-ring (bicyclic) bond motifs is 1. The summed E-state index contributed by atoms with van der Waals surface area (Å²) in [6, 6.07) is 4.01. The molecular weight excluding hydrogens is 336 g/mol. The van der Waals surface area contributed by atoms with Crippen LogP contribution in [0.5, 0.6) is 0 Å². The van der Waals surface area contributed by atoms with E-state index in [1.54, 1.807) is 6.92 Å². The highest BCUT2D eigenvalue weighted by Crippen LogP contribution is 2.33. The number of thiophene rings is 1. The fraction of sp³-hybridized carbons (Fsp3) is 0.632. The molecule has 5 nitrogen and oxygen atoms in total. The molecule has 1 heterocycles. The molecule has 1 amide bonds. The lowest BCUT2D eigenvalue weighted by atomic mass is 9.87. The van der Waals surface area contributed by atoms with Gasteiger partial charge in [-0.05, 0) is 49.7 Å². The minimum Gasteiger partial charge on any atom is -0.451 e. The summed E-state index contributed by atoms with van der Waals surface area (Å²) in [4.78, 5) is 26.0. The fourth-order valence-corrected chi connectivity index (χ4v) is 3.98. The van der Waals surface area contributed by atoms with Crippen molar-refractivity contribution in [1.29, 1.82) is 5.26 Å². The molecule has 1 aromatic rings. The molecule has 0 aliphatic heterocycles. The molecule has 0 spiro atoms. The molecule has 2 atom stereocenters. The van der Waals surface area contributed by atoms with Crippen molar-refractivity contribution in [2.45, 2.75) is 58.9 Å². The van der Waals surface area contributed by atoms with E-state index in [1.165, 1.54) is 28.2 Å². The number of carbonyl (C=O) groups is 2. The van der Waals surface area contributed by atoms with E-state index in [0.717, 1.165) is 19.3 Å². The van der Waals surface area contributed by atoms with E-state index in [1.807, 2.05) is 19.9 Å². The van der Waals surface area contributed by atoms with Crippen LogP contribution < -0.4 is 5.32 Å². The second kappa shape index (κ2) is 8.01. The first-order valence-electron chi connectivity index (χ1n) is 8.80. The summed E-state index contributed by atoms with van der Waals surface area (Å²) in [6.07, 6.45) is 4.36. The number of hydrogen-bond acceptors (Lipinski definition) is 5. The van der Waals surface area contributed by atoms with Gasteiger partial charge in [0, 0.05) is 4.88 Å². The van der Waals surface area contributed by atoms with E-state index < -0.39 is 17.4 Å². The number of ether oxygens (including phenoxy) is 1. The van der Waals surface area contributed by atoms with Crippen molar-refractivity contribution >= 4 is 23.2 Å². The van der Waals surface area contributed by atoms with Crippen LogP contribution in [0.3, 0.4) is 0 Å². The summed E-state index contributed by atoms with van der Waals surface area (Å²) in [5.74, 6) is -0.284. The second-order valence-corrected chi connectivity index (χ2v) is 8.31. The van der Waals surface area contributed by atoms with Gasteiger partial charge >= 0.3 is 5.97 Å². The van der Waals surface area contributed by atoms with Gasteiger partial charge < -0.3 is 10.1 Å². The topological polar surface area (TPSA) is 79.2 Å². The van der Waals surface area contributed by atoms with Crippen LogP contribution in [-0.4, -0.2) is 24.0 Å². The molecule has 1 aliphatic rings. The Morgan fingerprint density at radius 2 is 2.24 bits per heavy atom. The van der Waals surface area contributed by atoms with Gasteiger partial charge in [0.15, 0.2) is 6.61 Å². The Morgan fingerprint density at radius 3 is 2.84 bits per heavy atom. The zero-order valence-corrected chi connectivity index (χ0v) is 16.2. The Bertz CT molecular complexity index is 689. The van der Waals surface area contributed by atoms with Gasteiger partial charge in [-0.25, -0.2) is 4.79 Å². The molecule has 2 rings (SSSR count). The fourth-order valence-electron chi connectivity index (χ4n) is 2.88. The summed E-state index contributed by atoms with van der Waals surface area (Å²) in [5, 5.41) is 11.9. The van der Waals surface area contributed by atoms with Crippen LogP contribution in [-0.2, 0) is 22.4 Å². The Hall–Kier alpha value is -1.87. The summed E-state index contributed by atoms with van der Waals surface area (Å²) in [5.41, 5.74) is 0.275. The zero-order chi connectivity index (χ0) is 18.6. The number of hydrogen-bond donors (Lipinski definition) is 1. The van der Waals surface area contributed by atoms with Crippen molar-refractivity contribution in [2.75, 3.05) is 6.61 Å². The molecular formula is C19H26N2O3S. The van der Waals surface area contributed by atoms with Crippen LogP contribution in [0.15, 0.2) is 6.07 Å². The average Bonchev–Trinajstić information content (AvgIpc) is 3.02. The maximum Gasteiger partial charge on any atom is 0.348 e. The van der Waals surface area contributed by atoms with E-state index in [9.17, 15) is 14.9 Å². The first-order valence-corrected chi connectivity index (χ1v) is 9.61. The first-order chi connectivity index (χ1) is 11.8. The molecule has 0 saturated heterocycles. The molecule has 0 saturated carbocycles. The average molecular weight is 362 g/mol. The summed E-state index contributed by atoms with van der Waals surface area (Å²) < 4.78 is 5.14. The van der Waals surface area contributed by atoms with Crippen LogP contribution in [0.2, 0.25) is 0 Å². The summed E-state index contributed by atoms with van der Waals surface area (Å²) in [6.45, 7) is 7.20. The van der Waals surface area contributed by atoms with Gasteiger partial charge in [0.05, 0.1) is 6.07 Å². The lowest BCUT2D eigenvalue weighted by Gasteiger charge is -2.27. The summed E-state index contributed by atoms with van der Waals surface area (Å²) in [7, 11) is 0. The smallest absolute Gasteiger partial charge is 0.348 e. The first kappa shape index (κ1) is 19.5. The third-order valence-electron chi connectivity index (χ3n) is 5.08. The third-order valence-corrected chi connectivity index (χ3v) is 6.30. The quantitative estimate of drug-likeness (QED) is 0.786. The van der Waals surface area contributed by atoms with Gasteiger partial charge in [-0.3, -0.25) is 4.79 Å². The Balaban J connectivity index is 1.92. The lowest BCUT2D eigenvalue weighted by molar-refractivity contribution is -0.125. The highest BCUT2D eigenvalue weighted by molar-refractivity contribution is 7.14. The van der Waals surface area contributed by atoms with Gasteiger partial charge in [0.2, 0.25) is 0 Å². The zero-order valence-electron chi connectivity index (χ0n) is 15.3. The highest BCUT2D eigenvalue weighted by Gasteiger charge is 2.30. The van der Waals surface area contributed by atoms with Crippen LogP contribution in [0, 0.1) is 23.2 Å². The Morgan fingerprint density at radius 1 is 1.52 bits per heavy atom. The normalized spacial score (nSPS) is 18.8. The largest absolute Gasteiger partial charge is 0.451 e. The molecule has 1 aromatic heterocycles. The van der Waals surface area contributed by atoms with Gasteiger partial charge in [-0.1, -0.05) is 27.2 Å². The van der Waals surface area contributed by atoms with Crippen LogP contribution in [0.1, 0.15) is 60.6 Å². The number of nitrogens with one attached hydrogen (secondary N) is 1. The number of aryl methyl sites for hydroxylation is 1. The van der Waals surface area contributed by atoms with E-state index in [2.05, 4.69) is 18.3 Å². The maximum absolute atomic E-state index is 12.2. The molecule has 1 aliphatic carbocycles. The van der Waals surface area contributed by atoms with Gasteiger partial charge in [-0.2, -0.15) is 5.26 Å². The minimum atomic E-state index is -0.972. The Labute approximate surface area is 153 Å². The van der Waals surface area contributed by atoms with Crippen molar-refractivity contribution in [3.63, 3.8) is 0 Å². The SMILES string of the molecule is CC[C@H]1CCc2sc(C(=O)OCC(=O)N[C@](C)(C#N)C(C)C)cc2C1. The maximum atomic E-state index is 12.2. The molecule has 0 fully saturated rings. The number of nitrogens with zero attached hydrogens (tertiary/aromatic N) is 1. The number of nitriles is 1. The van der Waals surface area contributed by atoms with Crippen molar-refractivity contribution in [3.8, 4) is 6.07 Å². The van der Waals surface area contributed by atoms with E-state index in [4.69, 9.17) is 4.74 Å². The monoisotopic (exact) mass is 362 g/mol. The number of esters is 1. The lowest BCUT2D eigenvalue weighted by Crippen LogP contribution is -2.50. The van der Waals surface area contributed by atoms with Gasteiger partial charge in [0.1, 0.15) is 10.4 Å². The molecule has 0 bridgehead atoms. The molecule has 0 unspecified atom stereocenters. The van der Waals surface area contributed by atoms with Crippen LogP contribution >= 0.6 is 11.3 Å². The Kier molecular flexibility index (Phi) is 6.23. The highest BCUT2D eigenvalue weighted by atomic mass is 32.1. The van der Waals surface area contributed by atoms with Gasteiger partial charge in [0.25, 0.3) is 5.91 Å². The van der Waals surface area contributed by atoms with Crippen molar-refractivity contribution < 1.29 is 14.3 Å². The standard InChI is InChI=1S/C19H26N2O3S/c1-5-13-6-7-15-14(8-13)9-16(25-15)18(23)24-10-17(22)21-19(4,11-20)12(2)3/h9,12-13H,5-8,10H2,1-4H3,(H,21,22)/t13-,19+/m0/s1. The van der Waals surface area contributed by atoms with Gasteiger partial charge in [-0.15, -0.1) is 11.3 Å². The van der Waals surface area contributed by atoms with Crippen LogP contribution in [0.25, 0.3) is 0 Å². The van der Waals surface area contributed by atoms with E-state index >= 15 is 0 Å². The van der Waals surface area contributed by atoms with E-state index in [0.29, 0.717) is 10.8 Å². The second-order valence-electron chi connectivity index (χ2n) is 7.17. The minimum absolute atomic E-state index is 0.0484. The molecule has 6 heteroatoms. The predicted octanol–water partition coefficient (Wildman–Crippen LogP) is 3.47. The van der Waals surface area contributed by atoms with Crippen LogP contribution in [0.4, 0.5) is 0 Å². The molecule has 136 valence electrons. The summed E-state index contributed by atoms with van der Waals surface area (Å²) >= 11 is 1.47. The molecule has 0 aromatic carbocycles. The molecule has 0 radical (unpaired) electrons. The van der Waals surface area contributed by atoms with E-state index in [-0.39, 0.29) is 12.5 Å². The van der Waals surface area contributed by atoms with Crippen molar-refractivity contribution in [1.82, 2.24) is 5.32 Å². The third kappa shape index (κ3) is 4.60. The number of rotatable bonds is 6. The number of amides is 1. The molecule has 1 N–H and O–H groups in total. The van der Waals surface area contributed by atoms with Crippen molar-refractivity contribution in [3.05, 3.63) is 21.4 Å². The number of carbonyl (C=O) groups excluding carboxylic acids is 2. The predicted molar refractivity (Wildman–Crippen MR) is 97.4 cm³/mol. The molecule has 25 heavy (non-hydrogen) atoms. The van der Waals surface area contributed by atoms with Crippen molar-refractivity contribution in [2.24, 2.45) is 11.8 Å².